The summed E-state index contributed by atoms with van der Waals surface area (Å²) in [5, 5.41) is 2.96. The molecule has 0 aliphatic carbocycles. The molecule has 27 heavy (non-hydrogen) atoms. The number of hydrogen-bond donors (Lipinski definition) is 2. The van der Waals surface area contributed by atoms with Crippen LogP contribution in [0.1, 0.15) is 32.3 Å². The predicted molar refractivity (Wildman–Crippen MR) is 113 cm³/mol. The molecule has 0 bridgehead atoms. The van der Waals surface area contributed by atoms with Gasteiger partial charge < -0.3 is 25.4 Å². The molecule has 3 N–H and O–H groups in total. The number of nitrogens with one attached hydrogen (secondary N) is 1. The first-order chi connectivity index (χ1) is 12.1. The van der Waals surface area contributed by atoms with Gasteiger partial charge in [0.2, 0.25) is 5.91 Å². The summed E-state index contributed by atoms with van der Waals surface area (Å²) in [6, 6.07) is 7.81. The van der Waals surface area contributed by atoms with Gasteiger partial charge >= 0.3 is 0 Å². The van der Waals surface area contributed by atoms with Crippen molar-refractivity contribution < 1.29 is 14.3 Å². The van der Waals surface area contributed by atoms with Gasteiger partial charge in [-0.15, -0.1) is 24.8 Å². The maximum absolute atomic E-state index is 12.4. The molecule has 0 spiro atoms. The van der Waals surface area contributed by atoms with Gasteiger partial charge in [-0.1, -0.05) is 32.0 Å². The van der Waals surface area contributed by atoms with Crippen LogP contribution >= 0.6 is 24.8 Å². The molecule has 6 nitrogen and oxygen atoms in total. The molecule has 0 atom stereocenters. The summed E-state index contributed by atoms with van der Waals surface area (Å²) in [6.45, 7) is 9.33. The zero-order chi connectivity index (χ0) is 18.1. The lowest BCUT2D eigenvalue weighted by molar-refractivity contribution is -0.129. The standard InChI is InChI=1S/C19H31N3O3.2ClH/c1-3-22(4-2)11-14-25-17-8-6-5-7-16(17)15-21-18(23)19(20)9-12-24-13-10-19;;/h5-8H,3-4,9-15,20H2,1-2H3,(H,21,23);2*1H. The van der Waals surface area contributed by atoms with Crippen LogP contribution in [0.3, 0.4) is 0 Å². The van der Waals surface area contributed by atoms with E-state index in [2.05, 4.69) is 24.1 Å². The Morgan fingerprint density at radius 1 is 1.22 bits per heavy atom. The van der Waals surface area contributed by atoms with Crippen LogP contribution in [-0.4, -0.2) is 55.8 Å². The fourth-order valence-electron chi connectivity index (χ4n) is 2.93. The van der Waals surface area contributed by atoms with Crippen molar-refractivity contribution >= 4 is 30.7 Å². The van der Waals surface area contributed by atoms with Gasteiger partial charge in [-0.2, -0.15) is 0 Å². The second-order valence-corrected chi connectivity index (χ2v) is 6.43. The summed E-state index contributed by atoms with van der Waals surface area (Å²) in [5.41, 5.74) is 6.36. The Bertz CT molecular complexity index is 551. The molecule has 0 radical (unpaired) electrons. The maximum Gasteiger partial charge on any atom is 0.240 e. The van der Waals surface area contributed by atoms with Gasteiger partial charge in [0, 0.05) is 31.9 Å². The highest BCUT2D eigenvalue weighted by Gasteiger charge is 2.35. The average Bonchev–Trinajstić information content (AvgIpc) is 2.64. The molecule has 156 valence electrons. The highest BCUT2D eigenvalue weighted by atomic mass is 35.5. The Labute approximate surface area is 175 Å². The van der Waals surface area contributed by atoms with Gasteiger partial charge in [0.15, 0.2) is 0 Å². The molecule has 8 heteroatoms. The third-order valence-electron chi connectivity index (χ3n) is 4.81. The van der Waals surface area contributed by atoms with Crippen molar-refractivity contribution in [2.75, 3.05) is 39.5 Å². The number of amides is 1. The fourth-order valence-corrected chi connectivity index (χ4v) is 2.93. The van der Waals surface area contributed by atoms with E-state index in [9.17, 15) is 4.79 Å². The largest absolute Gasteiger partial charge is 0.492 e. The number of ether oxygens (including phenoxy) is 2. The number of nitrogens with zero attached hydrogens (tertiary/aromatic N) is 1. The predicted octanol–water partition coefficient (Wildman–Crippen LogP) is 2.37. The molecule has 1 aromatic carbocycles. The maximum atomic E-state index is 12.4. The molecule has 0 aromatic heterocycles. The zero-order valence-corrected chi connectivity index (χ0v) is 17.9. The lowest BCUT2D eigenvalue weighted by atomic mass is 9.90. The fraction of sp³-hybridized carbons (Fsp3) is 0.632. The lowest BCUT2D eigenvalue weighted by Gasteiger charge is -2.31. The Balaban J connectivity index is 0.00000338. The highest BCUT2D eigenvalue weighted by molar-refractivity contribution is 5.86. The Hall–Kier alpha value is -1.05. The first-order valence-corrected chi connectivity index (χ1v) is 9.17. The van der Waals surface area contributed by atoms with Crippen molar-refractivity contribution in [3.8, 4) is 5.75 Å². The third kappa shape index (κ3) is 7.84. The number of nitrogens with two attached hydrogens (primary N) is 1. The van der Waals surface area contributed by atoms with E-state index in [0.717, 1.165) is 30.9 Å². The van der Waals surface area contributed by atoms with Crippen molar-refractivity contribution in [3.63, 3.8) is 0 Å². The summed E-state index contributed by atoms with van der Waals surface area (Å²) < 4.78 is 11.2. The number of hydrogen-bond acceptors (Lipinski definition) is 5. The normalized spacial score (nSPS) is 15.4. The number of rotatable bonds is 9. The van der Waals surface area contributed by atoms with Crippen LogP contribution in [0.15, 0.2) is 24.3 Å². The molecule has 2 rings (SSSR count). The number of carbonyl (C=O) groups is 1. The Morgan fingerprint density at radius 3 is 2.48 bits per heavy atom. The number of carbonyl (C=O) groups excluding carboxylic acids is 1. The quantitative estimate of drug-likeness (QED) is 0.639. The molecule has 1 aliphatic heterocycles. The van der Waals surface area contributed by atoms with E-state index in [1.54, 1.807) is 0 Å². The molecular weight excluding hydrogens is 389 g/mol. The van der Waals surface area contributed by atoms with Crippen LogP contribution in [0.2, 0.25) is 0 Å². The van der Waals surface area contributed by atoms with Crippen LogP contribution in [0, 0.1) is 0 Å². The van der Waals surface area contributed by atoms with E-state index in [4.69, 9.17) is 15.2 Å². The first-order valence-electron chi connectivity index (χ1n) is 9.17. The van der Waals surface area contributed by atoms with Gasteiger partial charge in [0.1, 0.15) is 12.4 Å². The molecule has 1 saturated heterocycles. The van der Waals surface area contributed by atoms with Crippen molar-refractivity contribution in [1.29, 1.82) is 0 Å². The van der Waals surface area contributed by atoms with Gasteiger partial charge in [0.25, 0.3) is 0 Å². The van der Waals surface area contributed by atoms with Crippen molar-refractivity contribution in [2.24, 2.45) is 5.73 Å². The van der Waals surface area contributed by atoms with E-state index in [1.165, 1.54) is 0 Å². The van der Waals surface area contributed by atoms with E-state index < -0.39 is 5.54 Å². The second-order valence-electron chi connectivity index (χ2n) is 6.43. The van der Waals surface area contributed by atoms with Crippen molar-refractivity contribution in [3.05, 3.63) is 29.8 Å². The van der Waals surface area contributed by atoms with Gasteiger partial charge in [-0.25, -0.2) is 0 Å². The lowest BCUT2D eigenvalue weighted by Crippen LogP contribution is -2.56. The van der Waals surface area contributed by atoms with Gasteiger partial charge in [-0.05, 0) is 32.0 Å². The summed E-state index contributed by atoms with van der Waals surface area (Å²) in [7, 11) is 0. The molecule has 1 amide bonds. The van der Waals surface area contributed by atoms with Crippen LogP contribution in [0.5, 0.6) is 5.75 Å². The highest BCUT2D eigenvalue weighted by Crippen LogP contribution is 2.20. The molecule has 1 fully saturated rings. The SMILES string of the molecule is CCN(CC)CCOc1ccccc1CNC(=O)C1(N)CCOCC1.Cl.Cl. The smallest absolute Gasteiger partial charge is 0.240 e. The average molecular weight is 422 g/mol. The van der Waals surface area contributed by atoms with Gasteiger partial charge in [-0.3, -0.25) is 4.79 Å². The summed E-state index contributed by atoms with van der Waals surface area (Å²) in [6.07, 6.45) is 1.11. The minimum atomic E-state index is -0.823. The topological polar surface area (TPSA) is 76.8 Å². The Kier molecular flexibility index (Phi) is 12.7. The number of para-hydroxylation sites is 1. The first kappa shape index (κ1) is 26.0. The number of likely N-dealkylation sites (N-methyl/N-ethyl adjacent to an activating group) is 1. The molecule has 1 aromatic rings. The van der Waals surface area contributed by atoms with Crippen LogP contribution in [0.4, 0.5) is 0 Å². The van der Waals surface area contributed by atoms with E-state index in [0.29, 0.717) is 39.2 Å². The number of benzene rings is 1. The molecule has 0 unspecified atom stereocenters. The zero-order valence-electron chi connectivity index (χ0n) is 16.2. The second kappa shape index (κ2) is 13.2. The third-order valence-corrected chi connectivity index (χ3v) is 4.81. The van der Waals surface area contributed by atoms with Crippen molar-refractivity contribution in [2.45, 2.75) is 38.8 Å². The van der Waals surface area contributed by atoms with E-state index in [-0.39, 0.29) is 30.7 Å². The van der Waals surface area contributed by atoms with E-state index in [1.807, 2.05) is 24.3 Å². The summed E-state index contributed by atoms with van der Waals surface area (Å²) in [4.78, 5) is 14.8. The monoisotopic (exact) mass is 421 g/mol. The summed E-state index contributed by atoms with van der Waals surface area (Å²) in [5.74, 6) is 0.696. The molecular formula is C19H33Cl2N3O3. The van der Waals surface area contributed by atoms with Crippen molar-refractivity contribution in [1.82, 2.24) is 10.2 Å². The minimum absolute atomic E-state index is 0. The summed E-state index contributed by atoms with van der Waals surface area (Å²) >= 11 is 0. The molecule has 1 heterocycles. The molecule has 1 aliphatic rings. The van der Waals surface area contributed by atoms with Crippen LogP contribution < -0.4 is 15.8 Å². The molecule has 0 saturated carbocycles. The van der Waals surface area contributed by atoms with Crippen LogP contribution in [-0.2, 0) is 16.1 Å². The number of halogens is 2. The van der Waals surface area contributed by atoms with Crippen LogP contribution in [0.25, 0.3) is 0 Å². The minimum Gasteiger partial charge on any atom is -0.492 e. The Morgan fingerprint density at radius 2 is 1.85 bits per heavy atom. The van der Waals surface area contributed by atoms with E-state index >= 15 is 0 Å². The van der Waals surface area contributed by atoms with Gasteiger partial charge in [0.05, 0.1) is 5.54 Å².